The van der Waals surface area contributed by atoms with E-state index in [1.807, 2.05) is 19.9 Å². The number of ketones is 1. The third-order valence-corrected chi connectivity index (χ3v) is 5.68. The second kappa shape index (κ2) is 10.1. The van der Waals surface area contributed by atoms with Gasteiger partial charge >= 0.3 is 5.97 Å². The number of rotatable bonds is 10. The smallest absolute Gasteiger partial charge is 0.328 e. The Labute approximate surface area is 198 Å². The first-order valence-corrected chi connectivity index (χ1v) is 11.1. The summed E-state index contributed by atoms with van der Waals surface area (Å²) in [7, 11) is 0. The van der Waals surface area contributed by atoms with E-state index in [-0.39, 0.29) is 48.4 Å². The Morgan fingerprint density at radius 3 is 2.56 bits per heavy atom. The number of halogens is 1. The van der Waals surface area contributed by atoms with Crippen molar-refractivity contribution in [3.05, 3.63) is 70.6 Å². The molecule has 0 atom stereocenters. The van der Waals surface area contributed by atoms with Gasteiger partial charge < -0.3 is 19.5 Å². The van der Waals surface area contributed by atoms with Crippen molar-refractivity contribution in [1.82, 2.24) is 4.90 Å². The molecule has 0 saturated heterocycles. The highest BCUT2D eigenvalue weighted by molar-refractivity contribution is 6.05. The number of carbonyl (C=O) groups is 2. The molecule has 2 aromatic carbocycles. The Morgan fingerprint density at radius 2 is 1.91 bits per heavy atom. The van der Waals surface area contributed by atoms with Crippen molar-refractivity contribution in [3.8, 4) is 11.5 Å². The van der Waals surface area contributed by atoms with E-state index in [0.717, 1.165) is 11.6 Å². The van der Waals surface area contributed by atoms with Crippen LogP contribution in [0, 0.1) is 11.2 Å². The summed E-state index contributed by atoms with van der Waals surface area (Å²) in [6.07, 6.45) is 2.65. The lowest BCUT2D eigenvalue weighted by atomic mass is 9.83. The number of carboxylic acid groups (broad SMARTS) is 1. The van der Waals surface area contributed by atoms with Gasteiger partial charge in [-0.25, -0.2) is 9.18 Å². The van der Waals surface area contributed by atoms with Crippen molar-refractivity contribution in [1.29, 1.82) is 5.41 Å². The molecule has 0 radical (unpaired) electrons. The van der Waals surface area contributed by atoms with E-state index in [0.29, 0.717) is 17.7 Å². The molecule has 1 aliphatic rings. The number of hydrogen-bond donors (Lipinski definition) is 2. The summed E-state index contributed by atoms with van der Waals surface area (Å²) in [6, 6.07) is 8.64. The molecule has 0 aromatic heterocycles. The molecule has 0 bridgehead atoms. The predicted molar refractivity (Wildman–Crippen MR) is 127 cm³/mol. The van der Waals surface area contributed by atoms with Gasteiger partial charge in [0.05, 0.1) is 25.3 Å². The van der Waals surface area contributed by atoms with Gasteiger partial charge in [0.2, 0.25) is 0 Å². The maximum Gasteiger partial charge on any atom is 0.328 e. The van der Waals surface area contributed by atoms with E-state index in [2.05, 4.69) is 0 Å². The Morgan fingerprint density at radius 1 is 1.21 bits per heavy atom. The van der Waals surface area contributed by atoms with Gasteiger partial charge in [0.1, 0.15) is 5.84 Å². The molecule has 180 valence electrons. The number of carbonyl (C=O) groups excluding carboxylic acids is 1. The van der Waals surface area contributed by atoms with Crippen LogP contribution in [0.15, 0.2) is 42.5 Å². The molecule has 7 nitrogen and oxygen atoms in total. The van der Waals surface area contributed by atoms with Crippen LogP contribution in [0.3, 0.4) is 0 Å². The summed E-state index contributed by atoms with van der Waals surface area (Å²) in [4.78, 5) is 25.5. The van der Waals surface area contributed by atoms with Gasteiger partial charge in [0.15, 0.2) is 23.1 Å². The van der Waals surface area contributed by atoms with E-state index >= 15 is 4.39 Å². The molecule has 0 amide bonds. The van der Waals surface area contributed by atoms with Gasteiger partial charge in [-0.05, 0) is 37.1 Å². The first-order chi connectivity index (χ1) is 16.1. The summed E-state index contributed by atoms with van der Waals surface area (Å²) in [6.45, 7) is 7.94. The number of aliphatic carboxylic acids is 1. The van der Waals surface area contributed by atoms with Crippen molar-refractivity contribution in [2.75, 3.05) is 19.8 Å². The SMILES string of the molecule is CCOc1cc2c(c(F)c1OCC)C(=N)N(CC(=O)c1cccc(C(C)(C)C=CC(=O)O)c1)C2. The van der Waals surface area contributed by atoms with Gasteiger partial charge in [-0.1, -0.05) is 38.1 Å². The predicted octanol–water partition coefficient (Wildman–Crippen LogP) is 4.57. The van der Waals surface area contributed by atoms with Crippen LogP contribution in [0.2, 0.25) is 0 Å². The normalized spacial score (nSPS) is 13.3. The number of allylic oxidation sites excluding steroid dienone is 1. The van der Waals surface area contributed by atoms with Gasteiger partial charge in [-0.15, -0.1) is 0 Å². The van der Waals surface area contributed by atoms with Crippen LogP contribution in [-0.2, 0) is 16.8 Å². The van der Waals surface area contributed by atoms with E-state index in [4.69, 9.17) is 20.0 Å². The first-order valence-electron chi connectivity index (χ1n) is 11.1. The van der Waals surface area contributed by atoms with Crippen LogP contribution in [-0.4, -0.2) is 47.4 Å². The van der Waals surface area contributed by atoms with Gasteiger partial charge in [0.25, 0.3) is 0 Å². The minimum Gasteiger partial charge on any atom is -0.490 e. The van der Waals surface area contributed by atoms with E-state index < -0.39 is 17.2 Å². The van der Waals surface area contributed by atoms with Crippen LogP contribution >= 0.6 is 0 Å². The molecule has 1 heterocycles. The van der Waals surface area contributed by atoms with Gasteiger partial charge in [-0.3, -0.25) is 10.2 Å². The maximum absolute atomic E-state index is 15.2. The molecule has 0 spiro atoms. The Hall–Kier alpha value is -3.68. The fourth-order valence-electron chi connectivity index (χ4n) is 3.89. The summed E-state index contributed by atoms with van der Waals surface area (Å²) < 4.78 is 26.2. The van der Waals surface area contributed by atoms with Crippen LogP contribution in [0.4, 0.5) is 4.39 Å². The Kier molecular flexibility index (Phi) is 7.39. The molecule has 0 aliphatic carbocycles. The molecule has 2 N–H and O–H groups in total. The quantitative estimate of drug-likeness (QED) is 0.392. The number of ether oxygens (including phenoxy) is 2. The number of carboxylic acids is 1. The first kappa shape index (κ1) is 25.0. The zero-order chi connectivity index (χ0) is 25.0. The minimum atomic E-state index is -1.04. The number of amidine groups is 1. The zero-order valence-corrected chi connectivity index (χ0v) is 19.8. The van der Waals surface area contributed by atoms with Crippen LogP contribution in [0.1, 0.15) is 54.7 Å². The lowest BCUT2D eigenvalue weighted by molar-refractivity contribution is -0.131. The molecule has 1 aliphatic heterocycles. The Bertz CT molecular complexity index is 1160. The second-order valence-corrected chi connectivity index (χ2v) is 8.52. The number of benzene rings is 2. The number of nitrogens with one attached hydrogen (secondary N) is 1. The lowest BCUT2D eigenvalue weighted by Crippen LogP contribution is -2.30. The molecular formula is C26H29FN2O5. The Balaban J connectivity index is 1.84. The highest BCUT2D eigenvalue weighted by atomic mass is 19.1. The van der Waals surface area contributed by atoms with Gasteiger partial charge in [0, 0.05) is 23.6 Å². The van der Waals surface area contributed by atoms with Crippen molar-refractivity contribution in [3.63, 3.8) is 0 Å². The third-order valence-electron chi connectivity index (χ3n) is 5.68. The van der Waals surface area contributed by atoms with E-state index in [9.17, 15) is 9.59 Å². The van der Waals surface area contributed by atoms with Crippen molar-refractivity contribution >= 4 is 17.6 Å². The topological polar surface area (TPSA) is 99.9 Å². The molecule has 2 aromatic rings. The van der Waals surface area contributed by atoms with E-state index in [1.165, 1.54) is 4.90 Å². The molecule has 0 unspecified atom stereocenters. The fraction of sp³-hybridized carbons (Fsp3) is 0.346. The monoisotopic (exact) mass is 468 g/mol. The van der Waals surface area contributed by atoms with Crippen LogP contribution < -0.4 is 9.47 Å². The maximum atomic E-state index is 15.2. The lowest BCUT2D eigenvalue weighted by Gasteiger charge is -2.22. The number of nitrogens with zero attached hydrogens (tertiary/aromatic N) is 1. The summed E-state index contributed by atoms with van der Waals surface area (Å²) in [5, 5.41) is 17.4. The molecule has 34 heavy (non-hydrogen) atoms. The molecule has 3 rings (SSSR count). The number of fused-ring (bicyclic) bond motifs is 1. The second-order valence-electron chi connectivity index (χ2n) is 8.52. The highest BCUT2D eigenvalue weighted by Crippen LogP contribution is 2.39. The molecule has 8 heteroatoms. The van der Waals surface area contributed by atoms with Crippen LogP contribution in [0.5, 0.6) is 11.5 Å². The number of hydrogen-bond acceptors (Lipinski definition) is 5. The summed E-state index contributed by atoms with van der Waals surface area (Å²) in [5.41, 5.74) is 1.30. The largest absolute Gasteiger partial charge is 0.490 e. The van der Waals surface area contributed by atoms with E-state index in [1.54, 1.807) is 44.2 Å². The summed E-state index contributed by atoms with van der Waals surface area (Å²) in [5.74, 6) is -1.74. The van der Waals surface area contributed by atoms with Gasteiger partial charge in [-0.2, -0.15) is 0 Å². The summed E-state index contributed by atoms with van der Waals surface area (Å²) >= 11 is 0. The average molecular weight is 469 g/mol. The fourth-order valence-corrected chi connectivity index (χ4v) is 3.89. The molecule has 0 saturated carbocycles. The highest BCUT2D eigenvalue weighted by Gasteiger charge is 2.33. The third kappa shape index (κ3) is 5.11. The van der Waals surface area contributed by atoms with Crippen molar-refractivity contribution in [2.45, 2.75) is 39.7 Å². The van der Waals surface area contributed by atoms with Crippen molar-refractivity contribution < 1.29 is 28.6 Å². The standard InChI is InChI=1S/C26H29FN2O5/c1-5-33-20-13-17-14-29(25(28)22(17)23(27)24(20)34-6-2)15-19(30)16-8-7-9-18(12-16)26(3,4)11-10-21(31)32/h7-13,28H,5-6,14-15H2,1-4H3,(H,31,32). The zero-order valence-electron chi connectivity index (χ0n) is 19.8. The minimum absolute atomic E-state index is 0.0228. The van der Waals surface area contributed by atoms with Crippen LogP contribution in [0.25, 0.3) is 0 Å². The molecular weight excluding hydrogens is 439 g/mol. The molecule has 0 fully saturated rings. The average Bonchev–Trinajstić information content (AvgIpc) is 3.10. The van der Waals surface area contributed by atoms with Crippen molar-refractivity contribution in [2.24, 2.45) is 0 Å². The number of Topliss-reactive ketones (excluding diaryl/α,β-unsaturated/α-hetero) is 1.